The van der Waals surface area contributed by atoms with E-state index < -0.39 is 0 Å². The molecule has 0 bridgehead atoms. The molecule has 0 aromatic carbocycles. The van der Waals surface area contributed by atoms with Crippen LogP contribution in [-0.4, -0.2) is 47.4 Å². The van der Waals surface area contributed by atoms with Crippen LogP contribution >= 0.6 is 0 Å². The molecule has 1 saturated heterocycles. The maximum atomic E-state index is 11.8. The molecule has 0 atom stereocenters. The van der Waals surface area contributed by atoms with E-state index in [1.165, 1.54) is 0 Å². The van der Waals surface area contributed by atoms with Crippen molar-refractivity contribution in [2.45, 2.75) is 19.4 Å². The van der Waals surface area contributed by atoms with Crippen molar-refractivity contribution in [3.05, 3.63) is 28.7 Å². The van der Waals surface area contributed by atoms with Crippen molar-refractivity contribution < 1.29 is 0 Å². The Balaban J connectivity index is 2.12. The molecule has 1 fully saturated rings. The van der Waals surface area contributed by atoms with Crippen LogP contribution in [-0.2, 0) is 5.54 Å². The standard InChI is InChI=1S/C12H20N4O/c1-12(2,10-15-8-6-13-7-9-15)16-11(17)4-3-5-14-16/h3-5,13H,6-10H2,1-2H3. The normalized spacial score (nSPS) is 18.2. The second-order valence-corrected chi connectivity index (χ2v) is 5.11. The summed E-state index contributed by atoms with van der Waals surface area (Å²) in [5.41, 5.74) is -0.303. The summed E-state index contributed by atoms with van der Waals surface area (Å²) in [4.78, 5) is 14.1. The third kappa shape index (κ3) is 2.92. The molecular weight excluding hydrogens is 216 g/mol. The van der Waals surface area contributed by atoms with Crippen molar-refractivity contribution in [1.82, 2.24) is 20.0 Å². The van der Waals surface area contributed by atoms with E-state index in [1.807, 2.05) is 0 Å². The Morgan fingerprint density at radius 1 is 1.41 bits per heavy atom. The number of rotatable bonds is 3. The minimum absolute atomic E-state index is 0.0346. The first kappa shape index (κ1) is 12.3. The highest BCUT2D eigenvalue weighted by molar-refractivity contribution is 4.91. The molecule has 0 aliphatic carbocycles. The first-order chi connectivity index (χ1) is 8.09. The van der Waals surface area contributed by atoms with Crippen LogP contribution in [0.5, 0.6) is 0 Å². The van der Waals surface area contributed by atoms with Crippen LogP contribution in [0.2, 0.25) is 0 Å². The Morgan fingerprint density at radius 2 is 2.12 bits per heavy atom. The Kier molecular flexibility index (Phi) is 3.59. The summed E-state index contributed by atoms with van der Waals surface area (Å²) in [6.45, 7) is 9.08. The second-order valence-electron chi connectivity index (χ2n) is 5.11. The minimum atomic E-state index is -0.268. The molecule has 94 valence electrons. The average molecular weight is 236 g/mol. The summed E-state index contributed by atoms with van der Waals surface area (Å²) in [6, 6.07) is 3.24. The van der Waals surface area contributed by atoms with Crippen molar-refractivity contribution in [3.8, 4) is 0 Å². The van der Waals surface area contributed by atoms with E-state index in [4.69, 9.17) is 0 Å². The van der Waals surface area contributed by atoms with Crippen molar-refractivity contribution in [3.63, 3.8) is 0 Å². The SMILES string of the molecule is CC(C)(CN1CCNCC1)n1ncccc1=O. The van der Waals surface area contributed by atoms with Gasteiger partial charge >= 0.3 is 0 Å². The van der Waals surface area contributed by atoms with Crippen LogP contribution in [0, 0.1) is 0 Å². The van der Waals surface area contributed by atoms with Crippen LogP contribution in [0.3, 0.4) is 0 Å². The van der Waals surface area contributed by atoms with Gasteiger partial charge in [0.15, 0.2) is 0 Å². The van der Waals surface area contributed by atoms with Crippen LogP contribution in [0.4, 0.5) is 0 Å². The summed E-state index contributed by atoms with van der Waals surface area (Å²) < 4.78 is 1.58. The Morgan fingerprint density at radius 3 is 2.76 bits per heavy atom. The predicted molar refractivity (Wildman–Crippen MR) is 67.1 cm³/mol. The summed E-state index contributed by atoms with van der Waals surface area (Å²) in [5, 5.41) is 7.50. The molecule has 1 aromatic rings. The fraction of sp³-hybridized carbons (Fsp3) is 0.667. The molecule has 1 aromatic heterocycles. The summed E-state index contributed by atoms with van der Waals surface area (Å²) in [6.07, 6.45) is 1.67. The van der Waals surface area contributed by atoms with Crippen LogP contribution < -0.4 is 10.9 Å². The van der Waals surface area contributed by atoms with Gasteiger partial charge in [0, 0.05) is 45.0 Å². The fourth-order valence-electron chi connectivity index (χ4n) is 2.30. The van der Waals surface area contributed by atoms with Gasteiger partial charge in [-0.15, -0.1) is 0 Å². The van der Waals surface area contributed by atoms with Crippen molar-refractivity contribution in [1.29, 1.82) is 0 Å². The van der Waals surface area contributed by atoms with E-state index in [0.29, 0.717) is 0 Å². The van der Waals surface area contributed by atoms with E-state index in [-0.39, 0.29) is 11.1 Å². The van der Waals surface area contributed by atoms with Crippen LogP contribution in [0.15, 0.2) is 23.1 Å². The monoisotopic (exact) mass is 236 g/mol. The molecule has 0 spiro atoms. The number of aromatic nitrogens is 2. The number of hydrogen-bond donors (Lipinski definition) is 1. The number of hydrogen-bond acceptors (Lipinski definition) is 4. The first-order valence-electron chi connectivity index (χ1n) is 6.07. The smallest absolute Gasteiger partial charge is 0.267 e. The zero-order valence-electron chi connectivity index (χ0n) is 10.5. The molecule has 5 nitrogen and oxygen atoms in total. The second kappa shape index (κ2) is 4.98. The highest BCUT2D eigenvalue weighted by Crippen LogP contribution is 2.13. The third-order valence-corrected chi connectivity index (χ3v) is 3.11. The van der Waals surface area contributed by atoms with Gasteiger partial charge in [-0.25, -0.2) is 4.68 Å². The molecule has 0 amide bonds. The molecule has 2 heterocycles. The number of piperazine rings is 1. The van der Waals surface area contributed by atoms with Gasteiger partial charge in [-0.1, -0.05) is 0 Å². The van der Waals surface area contributed by atoms with Gasteiger partial charge < -0.3 is 5.32 Å². The highest BCUT2D eigenvalue weighted by Gasteiger charge is 2.26. The molecule has 17 heavy (non-hydrogen) atoms. The van der Waals surface area contributed by atoms with E-state index in [9.17, 15) is 4.79 Å². The molecule has 1 N–H and O–H groups in total. The minimum Gasteiger partial charge on any atom is -0.314 e. The van der Waals surface area contributed by atoms with Crippen LogP contribution in [0.1, 0.15) is 13.8 Å². The van der Waals surface area contributed by atoms with E-state index in [0.717, 1.165) is 32.7 Å². The Bertz CT molecular complexity index is 421. The lowest BCUT2D eigenvalue weighted by atomic mass is 10.0. The number of nitrogens with zero attached hydrogens (tertiary/aromatic N) is 3. The zero-order chi connectivity index (χ0) is 12.3. The quantitative estimate of drug-likeness (QED) is 0.795. The maximum absolute atomic E-state index is 11.8. The fourth-order valence-corrected chi connectivity index (χ4v) is 2.30. The molecule has 1 aliphatic heterocycles. The number of nitrogens with one attached hydrogen (secondary N) is 1. The van der Waals surface area contributed by atoms with E-state index in [2.05, 4.69) is 29.2 Å². The molecule has 2 rings (SSSR count). The summed E-state index contributed by atoms with van der Waals surface area (Å²) >= 11 is 0. The molecule has 0 radical (unpaired) electrons. The van der Waals surface area contributed by atoms with Gasteiger partial charge in [-0.05, 0) is 19.9 Å². The average Bonchev–Trinajstić information content (AvgIpc) is 2.30. The Hall–Kier alpha value is -1.20. The van der Waals surface area contributed by atoms with Gasteiger partial charge in [0.25, 0.3) is 5.56 Å². The molecular formula is C12H20N4O. The van der Waals surface area contributed by atoms with Crippen LogP contribution in [0.25, 0.3) is 0 Å². The van der Waals surface area contributed by atoms with Gasteiger partial charge in [0.05, 0.1) is 5.54 Å². The van der Waals surface area contributed by atoms with Crippen molar-refractivity contribution in [2.75, 3.05) is 32.7 Å². The highest BCUT2D eigenvalue weighted by atomic mass is 16.1. The van der Waals surface area contributed by atoms with Gasteiger partial charge in [-0.2, -0.15) is 5.10 Å². The van der Waals surface area contributed by atoms with E-state index >= 15 is 0 Å². The third-order valence-electron chi connectivity index (χ3n) is 3.11. The molecule has 0 unspecified atom stereocenters. The van der Waals surface area contributed by atoms with Gasteiger partial charge in [0.2, 0.25) is 0 Å². The summed E-state index contributed by atoms with van der Waals surface area (Å²) in [5.74, 6) is 0. The maximum Gasteiger partial charge on any atom is 0.267 e. The lowest BCUT2D eigenvalue weighted by molar-refractivity contribution is 0.150. The van der Waals surface area contributed by atoms with Gasteiger partial charge in [-0.3, -0.25) is 9.69 Å². The van der Waals surface area contributed by atoms with Gasteiger partial charge in [0.1, 0.15) is 0 Å². The Labute approximate surface area is 101 Å². The molecule has 5 heteroatoms. The molecule has 1 aliphatic rings. The van der Waals surface area contributed by atoms with Crippen molar-refractivity contribution >= 4 is 0 Å². The molecule has 0 saturated carbocycles. The largest absolute Gasteiger partial charge is 0.314 e. The van der Waals surface area contributed by atoms with Crippen molar-refractivity contribution in [2.24, 2.45) is 0 Å². The lowest BCUT2D eigenvalue weighted by Crippen LogP contribution is -2.51. The lowest BCUT2D eigenvalue weighted by Gasteiger charge is -2.35. The summed E-state index contributed by atoms with van der Waals surface area (Å²) in [7, 11) is 0. The first-order valence-corrected chi connectivity index (χ1v) is 6.07. The zero-order valence-corrected chi connectivity index (χ0v) is 10.5. The predicted octanol–water partition coefficient (Wildman–Crippen LogP) is -0.116. The van der Waals surface area contributed by atoms with E-state index in [1.54, 1.807) is 23.0 Å². The topological polar surface area (TPSA) is 50.2 Å².